The first-order chi connectivity index (χ1) is 7.78. The molecule has 1 N–H and O–H groups in total. The number of alkyl halides is 4. The normalized spacial score (nSPS) is 16.7. The van der Waals surface area contributed by atoms with Gasteiger partial charge in [0, 0.05) is 0 Å². The van der Waals surface area contributed by atoms with Gasteiger partial charge in [0.25, 0.3) is 10.1 Å². The van der Waals surface area contributed by atoms with Gasteiger partial charge in [0.2, 0.25) is 0 Å². The fourth-order valence-electron chi connectivity index (χ4n) is 1.29. The fourth-order valence-corrected chi connectivity index (χ4v) is 1.88. The van der Waals surface area contributed by atoms with Crippen molar-refractivity contribution >= 4 is 39.7 Å². The van der Waals surface area contributed by atoms with Gasteiger partial charge in [-0.05, 0) is 12.8 Å². The zero-order chi connectivity index (χ0) is 13.5. The van der Waals surface area contributed by atoms with Crippen LogP contribution in [0.5, 0.6) is 0 Å². The summed E-state index contributed by atoms with van der Waals surface area (Å²) in [5.41, 5.74) is 0. The molecule has 0 rings (SSSR count). The fraction of sp³-hybridized carbons (Fsp3) is 1.00. The monoisotopic (exact) mass is 304 g/mol. The van der Waals surface area contributed by atoms with E-state index in [4.69, 9.17) is 4.55 Å². The number of hydrogen-bond donors (Lipinski definition) is 1. The molecule has 0 aromatic carbocycles. The van der Waals surface area contributed by atoms with Gasteiger partial charge in [-0.3, -0.25) is 8.94 Å². The number of halogens is 4. The van der Waals surface area contributed by atoms with E-state index in [1.54, 1.807) is 0 Å². The Bertz CT molecular complexity index is 302. The van der Waals surface area contributed by atoms with Crippen LogP contribution in [0.2, 0.25) is 0 Å². The SMILES string of the molecule is O=S(=O)(O)CC(F)C(F)C(F)CCCCCF.[NaH]. The molecule has 0 aliphatic rings. The third-order valence-electron chi connectivity index (χ3n) is 2.17. The molecule has 3 atom stereocenters. The van der Waals surface area contributed by atoms with Crippen molar-refractivity contribution in [3.05, 3.63) is 0 Å². The summed E-state index contributed by atoms with van der Waals surface area (Å²) < 4.78 is 79.4. The van der Waals surface area contributed by atoms with Crippen molar-refractivity contribution in [1.82, 2.24) is 0 Å². The minimum absolute atomic E-state index is 0. The van der Waals surface area contributed by atoms with Crippen LogP contribution in [0.15, 0.2) is 0 Å². The van der Waals surface area contributed by atoms with Crippen LogP contribution < -0.4 is 0 Å². The molecule has 0 fully saturated rings. The zero-order valence-corrected chi connectivity index (χ0v) is 9.98. The molecule has 9 heteroatoms. The van der Waals surface area contributed by atoms with Crippen molar-refractivity contribution in [2.75, 3.05) is 12.4 Å². The zero-order valence-electron chi connectivity index (χ0n) is 9.16. The Kier molecular flexibility index (Phi) is 12.1. The van der Waals surface area contributed by atoms with E-state index in [0.29, 0.717) is 6.42 Å². The van der Waals surface area contributed by atoms with E-state index in [1.165, 1.54) is 0 Å². The van der Waals surface area contributed by atoms with E-state index in [-0.39, 0.29) is 48.8 Å². The Balaban J connectivity index is 0. The van der Waals surface area contributed by atoms with Crippen molar-refractivity contribution < 1.29 is 30.5 Å². The molecule has 0 saturated heterocycles. The number of rotatable bonds is 9. The quantitative estimate of drug-likeness (QED) is 0.306. The average molecular weight is 304 g/mol. The van der Waals surface area contributed by atoms with Gasteiger partial charge in [-0.25, -0.2) is 13.2 Å². The summed E-state index contributed by atoms with van der Waals surface area (Å²) >= 11 is 0. The number of hydrogen-bond acceptors (Lipinski definition) is 2. The van der Waals surface area contributed by atoms with Gasteiger partial charge in [-0.15, -0.1) is 0 Å². The molecule has 3 nitrogen and oxygen atoms in total. The first-order valence-electron chi connectivity index (χ1n) is 5.21. The average Bonchev–Trinajstić information content (AvgIpc) is 2.20. The molecule has 0 bridgehead atoms. The van der Waals surface area contributed by atoms with E-state index in [2.05, 4.69) is 0 Å². The van der Waals surface area contributed by atoms with Gasteiger partial charge < -0.3 is 0 Å². The molecule has 0 aromatic heterocycles. The van der Waals surface area contributed by atoms with Crippen molar-refractivity contribution in [1.29, 1.82) is 0 Å². The van der Waals surface area contributed by atoms with Crippen LogP contribution >= 0.6 is 0 Å². The summed E-state index contributed by atoms with van der Waals surface area (Å²) in [6.45, 7) is -0.551. The Hall–Kier alpha value is 0.630. The van der Waals surface area contributed by atoms with Crippen LogP contribution in [0.3, 0.4) is 0 Å². The van der Waals surface area contributed by atoms with Crippen LogP contribution in [-0.2, 0) is 10.1 Å². The molecule has 0 aliphatic heterocycles. The second-order valence-electron chi connectivity index (χ2n) is 3.76. The maximum absolute atomic E-state index is 13.1. The minimum atomic E-state index is -4.66. The topological polar surface area (TPSA) is 54.4 Å². The molecular formula is C9H17F4NaO3S. The molecule has 106 valence electrons. The summed E-state index contributed by atoms with van der Waals surface area (Å²) in [5.74, 6) is -1.46. The first-order valence-corrected chi connectivity index (χ1v) is 6.82. The predicted octanol–water partition coefficient (Wildman–Crippen LogP) is 1.77. The summed E-state index contributed by atoms with van der Waals surface area (Å²) in [4.78, 5) is 0. The Morgan fingerprint density at radius 3 is 2.00 bits per heavy atom. The molecule has 0 aliphatic carbocycles. The van der Waals surface area contributed by atoms with Crippen molar-refractivity contribution in [3.63, 3.8) is 0 Å². The Morgan fingerprint density at radius 1 is 1.00 bits per heavy atom. The summed E-state index contributed by atoms with van der Waals surface area (Å²) in [6, 6.07) is 0. The second kappa shape index (κ2) is 10.4. The van der Waals surface area contributed by atoms with Crippen LogP contribution in [0.4, 0.5) is 17.6 Å². The Labute approximate surface area is 126 Å². The van der Waals surface area contributed by atoms with Crippen LogP contribution in [0, 0.1) is 0 Å². The van der Waals surface area contributed by atoms with Gasteiger partial charge in [0.05, 0.1) is 6.67 Å². The summed E-state index contributed by atoms with van der Waals surface area (Å²) in [5, 5.41) is 0. The molecular weight excluding hydrogens is 287 g/mol. The maximum atomic E-state index is 13.1. The van der Waals surface area contributed by atoms with Gasteiger partial charge in [-0.2, -0.15) is 8.42 Å². The molecule has 0 amide bonds. The molecule has 0 spiro atoms. The molecule has 0 heterocycles. The van der Waals surface area contributed by atoms with E-state index in [0.717, 1.165) is 0 Å². The molecule has 0 aromatic rings. The van der Waals surface area contributed by atoms with Crippen molar-refractivity contribution in [2.45, 2.75) is 44.2 Å². The summed E-state index contributed by atoms with van der Waals surface area (Å²) in [6.07, 6.45) is -6.85. The third kappa shape index (κ3) is 10.5. The van der Waals surface area contributed by atoms with Crippen molar-refractivity contribution in [2.24, 2.45) is 0 Å². The van der Waals surface area contributed by atoms with Gasteiger partial charge in [-0.1, -0.05) is 12.8 Å². The van der Waals surface area contributed by atoms with Crippen LogP contribution in [0.1, 0.15) is 25.7 Å². The molecule has 3 unspecified atom stereocenters. The van der Waals surface area contributed by atoms with E-state index in [9.17, 15) is 26.0 Å². The van der Waals surface area contributed by atoms with Gasteiger partial charge >= 0.3 is 29.6 Å². The summed E-state index contributed by atoms with van der Waals surface area (Å²) in [7, 11) is -4.66. The predicted molar refractivity (Wildman–Crippen MR) is 62.7 cm³/mol. The molecule has 18 heavy (non-hydrogen) atoms. The third-order valence-corrected chi connectivity index (χ3v) is 2.91. The van der Waals surface area contributed by atoms with E-state index >= 15 is 0 Å². The molecule has 0 saturated carbocycles. The van der Waals surface area contributed by atoms with Crippen LogP contribution in [0.25, 0.3) is 0 Å². The standard InChI is InChI=1S/C9H16F4O3S.Na.H/c10-5-3-1-2-4-7(11)9(13)8(12)6-17(14,15)16;;/h7-9H,1-6H2,(H,14,15,16);;. The van der Waals surface area contributed by atoms with Crippen molar-refractivity contribution in [3.8, 4) is 0 Å². The number of unbranched alkanes of at least 4 members (excludes halogenated alkanes) is 2. The Morgan fingerprint density at radius 2 is 1.56 bits per heavy atom. The first kappa shape index (κ1) is 20.9. The van der Waals surface area contributed by atoms with Gasteiger partial charge in [0.1, 0.15) is 11.9 Å². The second-order valence-corrected chi connectivity index (χ2v) is 5.26. The van der Waals surface area contributed by atoms with Gasteiger partial charge in [0.15, 0.2) is 12.3 Å². The van der Waals surface area contributed by atoms with E-state index in [1.807, 2.05) is 0 Å². The van der Waals surface area contributed by atoms with E-state index < -0.39 is 41.1 Å². The van der Waals surface area contributed by atoms with Crippen LogP contribution in [-0.4, -0.2) is 73.5 Å². The molecule has 0 radical (unpaired) electrons.